The van der Waals surface area contributed by atoms with Crippen LogP contribution in [0.15, 0.2) is 30.3 Å². The molecule has 1 saturated heterocycles. The summed E-state index contributed by atoms with van der Waals surface area (Å²) in [7, 11) is 0. The molecule has 1 aromatic heterocycles. The summed E-state index contributed by atoms with van der Waals surface area (Å²) in [6, 6.07) is 7.91. The first kappa shape index (κ1) is 29.8. The van der Waals surface area contributed by atoms with Gasteiger partial charge in [0.1, 0.15) is 11.0 Å². The molecule has 7 nitrogen and oxygen atoms in total. The van der Waals surface area contributed by atoms with Crippen LogP contribution >= 0.6 is 11.6 Å². The molecule has 208 valence electrons. The van der Waals surface area contributed by atoms with Crippen molar-refractivity contribution < 1.29 is 14.0 Å². The molecular formula is C29H41ClFN5O2. The summed E-state index contributed by atoms with van der Waals surface area (Å²) in [6.07, 6.45) is 3.54. The van der Waals surface area contributed by atoms with E-state index in [0.29, 0.717) is 47.1 Å². The van der Waals surface area contributed by atoms with Gasteiger partial charge in [-0.2, -0.15) is 0 Å². The van der Waals surface area contributed by atoms with Gasteiger partial charge in [0, 0.05) is 44.0 Å². The number of urea groups is 1. The van der Waals surface area contributed by atoms with E-state index in [1.54, 1.807) is 25.1 Å². The number of aryl methyl sites for hydroxylation is 2. The topological polar surface area (TPSA) is 77.6 Å². The van der Waals surface area contributed by atoms with E-state index in [1.807, 2.05) is 11.8 Å². The monoisotopic (exact) mass is 545 g/mol. The van der Waals surface area contributed by atoms with Gasteiger partial charge in [-0.15, -0.1) is 0 Å². The average molecular weight is 546 g/mol. The van der Waals surface area contributed by atoms with E-state index in [9.17, 15) is 14.0 Å². The Labute approximate surface area is 231 Å². The molecule has 1 aliphatic rings. The minimum atomic E-state index is -0.326. The average Bonchev–Trinajstić information content (AvgIpc) is 2.85. The van der Waals surface area contributed by atoms with Crippen LogP contribution in [0.3, 0.4) is 0 Å². The molecule has 1 aromatic carbocycles. The number of likely N-dealkylation sites (tertiary alicyclic amines) is 1. The molecular weight excluding hydrogens is 505 g/mol. The molecule has 0 radical (unpaired) electrons. The number of carbonyl (C=O) groups excluding carboxylic acids is 2. The van der Waals surface area contributed by atoms with Crippen LogP contribution in [0, 0.1) is 25.6 Å². The van der Waals surface area contributed by atoms with Gasteiger partial charge in [0.25, 0.3) is 5.91 Å². The number of carbonyl (C=O) groups is 2. The summed E-state index contributed by atoms with van der Waals surface area (Å²) in [5.74, 6) is 0.0404. The Morgan fingerprint density at radius 2 is 1.79 bits per heavy atom. The number of halogens is 2. The van der Waals surface area contributed by atoms with Crippen LogP contribution in [0.25, 0.3) is 0 Å². The van der Waals surface area contributed by atoms with Gasteiger partial charge < -0.3 is 20.4 Å². The number of amides is 3. The van der Waals surface area contributed by atoms with Crippen LogP contribution in [0.4, 0.5) is 14.9 Å². The maximum Gasteiger partial charge on any atom is 0.322 e. The minimum absolute atomic E-state index is 0.122. The Morgan fingerprint density at radius 1 is 1.13 bits per heavy atom. The van der Waals surface area contributed by atoms with Gasteiger partial charge in [0.15, 0.2) is 0 Å². The number of nitrogens with zero attached hydrogens (tertiary/aromatic N) is 3. The first-order valence-corrected chi connectivity index (χ1v) is 13.9. The third-order valence-electron chi connectivity index (χ3n) is 7.31. The standard InChI is InChI=1S/C29H41ClFN5O2/c1-19(2)11-17-36(29(38)34-24-8-6-23(31)7-9-24)25-12-15-35(16-13-25)21(4)10-14-32-28(37)27-20(3)18-26(30)33-22(27)5/h6-9,18-19,21,25H,10-17H2,1-5H3,(H,32,37)(H,34,38)/t21-/m1/s1. The number of nitrogens with one attached hydrogen (secondary N) is 2. The third kappa shape index (κ3) is 8.40. The SMILES string of the molecule is Cc1cc(Cl)nc(C)c1C(=O)NCC[C@@H](C)N1CCC(N(CCC(C)C)C(=O)Nc2ccc(F)cc2)CC1. The maximum atomic E-state index is 13.3. The Kier molecular flexibility index (Phi) is 10.9. The van der Waals surface area contributed by atoms with Gasteiger partial charge in [-0.3, -0.25) is 4.79 Å². The molecule has 0 saturated carbocycles. The van der Waals surface area contributed by atoms with Crippen LogP contribution in [0.1, 0.15) is 68.1 Å². The normalized spacial score (nSPS) is 15.4. The lowest BCUT2D eigenvalue weighted by molar-refractivity contribution is 0.0921. The van der Waals surface area contributed by atoms with Crippen molar-refractivity contribution in [3.63, 3.8) is 0 Å². The summed E-state index contributed by atoms with van der Waals surface area (Å²) < 4.78 is 13.3. The summed E-state index contributed by atoms with van der Waals surface area (Å²) >= 11 is 5.99. The van der Waals surface area contributed by atoms with Crippen molar-refractivity contribution in [2.45, 2.75) is 72.4 Å². The Balaban J connectivity index is 1.50. The van der Waals surface area contributed by atoms with E-state index in [4.69, 9.17) is 11.6 Å². The summed E-state index contributed by atoms with van der Waals surface area (Å²) in [5.41, 5.74) is 2.64. The Morgan fingerprint density at radius 3 is 2.39 bits per heavy atom. The lowest BCUT2D eigenvalue weighted by Gasteiger charge is -2.41. The minimum Gasteiger partial charge on any atom is -0.352 e. The van der Waals surface area contributed by atoms with Gasteiger partial charge in [-0.05, 0) is 88.3 Å². The third-order valence-corrected chi connectivity index (χ3v) is 7.50. The molecule has 38 heavy (non-hydrogen) atoms. The number of piperidine rings is 1. The number of rotatable bonds is 10. The lowest BCUT2D eigenvalue weighted by atomic mass is 10.00. The largest absolute Gasteiger partial charge is 0.352 e. The highest BCUT2D eigenvalue weighted by Crippen LogP contribution is 2.22. The van der Waals surface area contributed by atoms with Crippen LogP contribution in [0.2, 0.25) is 5.15 Å². The van der Waals surface area contributed by atoms with Crippen molar-refractivity contribution >= 4 is 29.2 Å². The molecule has 3 amide bonds. The van der Waals surface area contributed by atoms with Crippen LogP contribution in [-0.2, 0) is 0 Å². The van der Waals surface area contributed by atoms with Gasteiger partial charge in [-0.1, -0.05) is 25.4 Å². The van der Waals surface area contributed by atoms with Crippen molar-refractivity contribution in [3.8, 4) is 0 Å². The van der Waals surface area contributed by atoms with E-state index in [2.05, 4.69) is 41.3 Å². The van der Waals surface area contributed by atoms with Crippen LogP contribution < -0.4 is 10.6 Å². The molecule has 1 fully saturated rings. The molecule has 2 heterocycles. The molecule has 0 bridgehead atoms. The number of aromatic nitrogens is 1. The summed E-state index contributed by atoms with van der Waals surface area (Å²) in [5, 5.41) is 6.37. The van der Waals surface area contributed by atoms with Crippen LogP contribution in [0.5, 0.6) is 0 Å². The number of pyridine rings is 1. The predicted molar refractivity (Wildman–Crippen MR) is 151 cm³/mol. The highest BCUT2D eigenvalue weighted by molar-refractivity contribution is 6.29. The fourth-order valence-electron chi connectivity index (χ4n) is 5.01. The molecule has 1 atom stereocenters. The van der Waals surface area contributed by atoms with E-state index in [0.717, 1.165) is 44.3 Å². The molecule has 9 heteroatoms. The first-order valence-electron chi connectivity index (χ1n) is 13.5. The smallest absolute Gasteiger partial charge is 0.322 e. The Hall–Kier alpha value is -2.71. The van der Waals surface area contributed by atoms with Gasteiger partial charge in [0.2, 0.25) is 0 Å². The van der Waals surface area contributed by atoms with Crippen molar-refractivity contribution in [2.24, 2.45) is 5.92 Å². The van der Waals surface area contributed by atoms with Gasteiger partial charge >= 0.3 is 6.03 Å². The van der Waals surface area contributed by atoms with Crippen molar-refractivity contribution in [3.05, 3.63) is 58.1 Å². The second-order valence-electron chi connectivity index (χ2n) is 10.7. The fraction of sp³-hybridized carbons (Fsp3) is 0.552. The Bertz CT molecular complexity index is 1060. The van der Waals surface area contributed by atoms with E-state index >= 15 is 0 Å². The van der Waals surface area contributed by atoms with Gasteiger partial charge in [-0.25, -0.2) is 14.2 Å². The maximum absolute atomic E-state index is 13.3. The number of hydrogen-bond donors (Lipinski definition) is 2. The van der Waals surface area contributed by atoms with Crippen molar-refractivity contribution in [1.82, 2.24) is 20.1 Å². The van der Waals surface area contributed by atoms with E-state index in [1.165, 1.54) is 12.1 Å². The van der Waals surface area contributed by atoms with E-state index in [-0.39, 0.29) is 23.8 Å². The zero-order valence-corrected chi connectivity index (χ0v) is 23.9. The first-order chi connectivity index (χ1) is 18.0. The fourth-order valence-corrected chi connectivity index (χ4v) is 5.30. The zero-order valence-electron chi connectivity index (χ0n) is 23.2. The number of anilines is 1. The zero-order chi connectivity index (χ0) is 27.8. The second-order valence-corrected chi connectivity index (χ2v) is 11.1. The summed E-state index contributed by atoms with van der Waals surface area (Å²) in [6.45, 7) is 13.2. The van der Waals surface area contributed by atoms with Gasteiger partial charge in [0.05, 0.1) is 11.3 Å². The molecule has 0 aliphatic carbocycles. The number of benzene rings is 1. The highest BCUT2D eigenvalue weighted by atomic mass is 35.5. The molecule has 2 N–H and O–H groups in total. The van der Waals surface area contributed by atoms with Crippen molar-refractivity contribution in [1.29, 1.82) is 0 Å². The molecule has 3 rings (SSSR count). The lowest BCUT2D eigenvalue weighted by Crippen LogP contribution is -2.51. The second kappa shape index (κ2) is 13.9. The predicted octanol–water partition coefficient (Wildman–Crippen LogP) is 6.04. The van der Waals surface area contributed by atoms with E-state index < -0.39 is 0 Å². The molecule has 1 aliphatic heterocycles. The highest BCUT2D eigenvalue weighted by Gasteiger charge is 2.29. The molecule has 0 unspecified atom stereocenters. The van der Waals surface area contributed by atoms with Crippen LogP contribution in [-0.4, -0.2) is 65.0 Å². The van der Waals surface area contributed by atoms with Crippen molar-refractivity contribution in [2.75, 3.05) is 31.5 Å². The quantitative estimate of drug-likeness (QED) is 0.357. The molecule has 2 aromatic rings. The molecule has 0 spiro atoms. The number of hydrogen-bond acceptors (Lipinski definition) is 4. The summed E-state index contributed by atoms with van der Waals surface area (Å²) in [4.78, 5) is 34.5.